The van der Waals surface area contributed by atoms with Crippen LogP contribution in [0.2, 0.25) is 5.02 Å². The third kappa shape index (κ3) is 2.85. The molecule has 0 saturated heterocycles. The zero-order chi connectivity index (χ0) is 13.1. The SMILES string of the molecule is O=C(O)c1ncn(C[C@H](O)c2cccc(Cl)c2)n1. The highest BCUT2D eigenvalue weighted by Gasteiger charge is 2.13. The normalized spacial score (nSPS) is 12.3. The van der Waals surface area contributed by atoms with Crippen LogP contribution in [0, 0.1) is 0 Å². The quantitative estimate of drug-likeness (QED) is 0.873. The van der Waals surface area contributed by atoms with Crippen LogP contribution in [0.4, 0.5) is 0 Å². The van der Waals surface area contributed by atoms with E-state index < -0.39 is 12.1 Å². The van der Waals surface area contributed by atoms with Crippen molar-refractivity contribution >= 4 is 17.6 Å². The average Bonchev–Trinajstić information content (AvgIpc) is 2.77. The summed E-state index contributed by atoms with van der Waals surface area (Å²) in [5.74, 6) is -1.50. The molecule has 1 heterocycles. The summed E-state index contributed by atoms with van der Waals surface area (Å²) in [6.07, 6.45) is 0.434. The fourth-order valence-electron chi connectivity index (χ4n) is 1.48. The Morgan fingerprint density at radius 1 is 1.50 bits per heavy atom. The van der Waals surface area contributed by atoms with Gasteiger partial charge in [0.05, 0.1) is 12.6 Å². The predicted molar refractivity (Wildman–Crippen MR) is 63.4 cm³/mol. The van der Waals surface area contributed by atoms with Crippen LogP contribution in [0.15, 0.2) is 30.6 Å². The van der Waals surface area contributed by atoms with Crippen LogP contribution in [-0.4, -0.2) is 30.9 Å². The van der Waals surface area contributed by atoms with E-state index in [1.807, 2.05) is 0 Å². The molecule has 1 aromatic carbocycles. The van der Waals surface area contributed by atoms with E-state index in [4.69, 9.17) is 16.7 Å². The number of nitrogens with zero attached hydrogens (tertiary/aromatic N) is 3. The molecule has 18 heavy (non-hydrogen) atoms. The first kappa shape index (κ1) is 12.5. The summed E-state index contributed by atoms with van der Waals surface area (Å²) in [6, 6.07) is 6.80. The topological polar surface area (TPSA) is 88.2 Å². The second kappa shape index (κ2) is 5.16. The zero-order valence-corrected chi connectivity index (χ0v) is 9.95. The standard InChI is InChI=1S/C11H10ClN3O3/c12-8-3-1-2-7(4-8)9(16)5-15-6-13-10(14-15)11(17)18/h1-4,6,9,16H,5H2,(H,17,18)/t9-/m0/s1. The van der Waals surface area contributed by atoms with Gasteiger partial charge in [0.1, 0.15) is 6.33 Å². The van der Waals surface area contributed by atoms with E-state index in [0.29, 0.717) is 10.6 Å². The Labute approximate surface area is 107 Å². The van der Waals surface area contributed by atoms with E-state index in [2.05, 4.69) is 10.1 Å². The molecule has 0 aliphatic carbocycles. The number of halogens is 1. The van der Waals surface area contributed by atoms with Crippen LogP contribution in [-0.2, 0) is 6.54 Å². The number of carboxylic acid groups (broad SMARTS) is 1. The zero-order valence-electron chi connectivity index (χ0n) is 9.19. The number of hydrogen-bond acceptors (Lipinski definition) is 4. The highest BCUT2D eigenvalue weighted by molar-refractivity contribution is 6.30. The van der Waals surface area contributed by atoms with Crippen molar-refractivity contribution in [2.75, 3.05) is 0 Å². The van der Waals surface area contributed by atoms with E-state index in [1.165, 1.54) is 11.0 Å². The minimum atomic E-state index is -1.20. The summed E-state index contributed by atoms with van der Waals surface area (Å²) in [4.78, 5) is 14.2. The third-order valence-corrected chi connectivity index (χ3v) is 2.56. The summed E-state index contributed by atoms with van der Waals surface area (Å²) in [7, 11) is 0. The molecule has 0 bridgehead atoms. The Bertz CT molecular complexity index is 570. The van der Waals surface area contributed by atoms with Crippen molar-refractivity contribution in [3.05, 3.63) is 47.0 Å². The maximum absolute atomic E-state index is 10.6. The van der Waals surface area contributed by atoms with Crippen LogP contribution >= 0.6 is 11.6 Å². The monoisotopic (exact) mass is 267 g/mol. The summed E-state index contributed by atoms with van der Waals surface area (Å²) < 4.78 is 1.27. The number of rotatable bonds is 4. The van der Waals surface area contributed by atoms with Crippen LogP contribution in [0.1, 0.15) is 22.3 Å². The van der Waals surface area contributed by atoms with E-state index in [9.17, 15) is 9.90 Å². The van der Waals surface area contributed by atoms with Gasteiger partial charge in [-0.15, -0.1) is 5.10 Å². The van der Waals surface area contributed by atoms with Crippen molar-refractivity contribution in [1.29, 1.82) is 0 Å². The number of aliphatic hydroxyl groups excluding tert-OH is 1. The van der Waals surface area contributed by atoms with Gasteiger partial charge in [-0.1, -0.05) is 23.7 Å². The third-order valence-electron chi connectivity index (χ3n) is 2.32. The molecule has 0 amide bonds. The van der Waals surface area contributed by atoms with Gasteiger partial charge in [0.15, 0.2) is 0 Å². The minimum absolute atomic E-state index is 0.112. The molecule has 2 N–H and O–H groups in total. The molecule has 2 rings (SSSR count). The van der Waals surface area contributed by atoms with Crippen molar-refractivity contribution in [3.8, 4) is 0 Å². The summed E-state index contributed by atoms with van der Waals surface area (Å²) in [6.45, 7) is 0.112. The van der Waals surface area contributed by atoms with Gasteiger partial charge in [-0.05, 0) is 17.7 Å². The molecular formula is C11H10ClN3O3. The lowest BCUT2D eigenvalue weighted by Crippen LogP contribution is -2.10. The van der Waals surface area contributed by atoms with Crippen molar-refractivity contribution in [1.82, 2.24) is 14.8 Å². The fourth-order valence-corrected chi connectivity index (χ4v) is 1.68. The number of aliphatic hydroxyl groups is 1. The minimum Gasteiger partial charge on any atom is -0.475 e. The molecule has 7 heteroatoms. The highest BCUT2D eigenvalue weighted by atomic mass is 35.5. The Morgan fingerprint density at radius 2 is 2.28 bits per heavy atom. The van der Waals surface area contributed by atoms with Crippen LogP contribution < -0.4 is 0 Å². The van der Waals surface area contributed by atoms with E-state index in [-0.39, 0.29) is 12.4 Å². The van der Waals surface area contributed by atoms with Gasteiger partial charge in [0, 0.05) is 5.02 Å². The smallest absolute Gasteiger partial charge is 0.375 e. The first-order valence-corrected chi connectivity index (χ1v) is 5.50. The van der Waals surface area contributed by atoms with Gasteiger partial charge < -0.3 is 10.2 Å². The predicted octanol–water partition coefficient (Wildman–Crippen LogP) is 1.36. The Kier molecular flexibility index (Phi) is 3.59. The maximum atomic E-state index is 10.6. The maximum Gasteiger partial charge on any atom is 0.375 e. The van der Waals surface area contributed by atoms with Crippen LogP contribution in [0.25, 0.3) is 0 Å². The lowest BCUT2D eigenvalue weighted by Gasteiger charge is -2.10. The highest BCUT2D eigenvalue weighted by Crippen LogP contribution is 2.18. The lowest BCUT2D eigenvalue weighted by molar-refractivity contribution is 0.0682. The van der Waals surface area contributed by atoms with Crippen LogP contribution in [0.5, 0.6) is 0 Å². The second-order valence-corrected chi connectivity index (χ2v) is 4.10. The molecule has 0 aliphatic rings. The number of aromatic carboxylic acids is 1. The molecule has 1 atom stereocenters. The van der Waals surface area contributed by atoms with Gasteiger partial charge in [0.25, 0.3) is 5.82 Å². The molecule has 94 valence electrons. The molecule has 0 spiro atoms. The molecule has 0 aliphatic heterocycles. The van der Waals surface area contributed by atoms with E-state index >= 15 is 0 Å². The largest absolute Gasteiger partial charge is 0.475 e. The van der Waals surface area contributed by atoms with E-state index in [1.54, 1.807) is 24.3 Å². The lowest BCUT2D eigenvalue weighted by atomic mass is 10.1. The Hall–Kier alpha value is -1.92. The molecule has 0 saturated carbocycles. The summed E-state index contributed by atoms with van der Waals surface area (Å²) in [5.41, 5.74) is 0.634. The van der Waals surface area contributed by atoms with Crippen molar-refractivity contribution in [3.63, 3.8) is 0 Å². The van der Waals surface area contributed by atoms with Crippen molar-refractivity contribution in [2.24, 2.45) is 0 Å². The van der Waals surface area contributed by atoms with Gasteiger partial charge in [-0.2, -0.15) is 0 Å². The number of carbonyl (C=O) groups is 1. The summed E-state index contributed by atoms with van der Waals surface area (Å²) in [5, 5.41) is 22.9. The fraction of sp³-hybridized carbons (Fsp3) is 0.182. The molecule has 0 fully saturated rings. The number of hydrogen-bond donors (Lipinski definition) is 2. The molecular weight excluding hydrogens is 258 g/mol. The molecule has 0 radical (unpaired) electrons. The average molecular weight is 268 g/mol. The molecule has 1 aromatic heterocycles. The number of benzene rings is 1. The molecule has 2 aromatic rings. The Morgan fingerprint density at radius 3 is 2.89 bits per heavy atom. The first-order chi connectivity index (χ1) is 8.56. The number of carboxylic acids is 1. The van der Waals surface area contributed by atoms with Crippen molar-refractivity contribution in [2.45, 2.75) is 12.6 Å². The number of aromatic nitrogens is 3. The van der Waals surface area contributed by atoms with Gasteiger partial charge >= 0.3 is 5.97 Å². The Balaban J connectivity index is 2.11. The summed E-state index contributed by atoms with van der Waals surface area (Å²) >= 11 is 5.81. The second-order valence-electron chi connectivity index (χ2n) is 3.67. The van der Waals surface area contributed by atoms with Crippen LogP contribution in [0.3, 0.4) is 0 Å². The van der Waals surface area contributed by atoms with Gasteiger partial charge in [0.2, 0.25) is 0 Å². The molecule has 0 unspecified atom stereocenters. The van der Waals surface area contributed by atoms with Crippen molar-refractivity contribution < 1.29 is 15.0 Å². The molecule has 6 nitrogen and oxygen atoms in total. The van der Waals surface area contributed by atoms with Gasteiger partial charge in [-0.25, -0.2) is 14.5 Å². The van der Waals surface area contributed by atoms with E-state index in [0.717, 1.165) is 0 Å². The first-order valence-electron chi connectivity index (χ1n) is 5.12. The van der Waals surface area contributed by atoms with Gasteiger partial charge in [-0.3, -0.25) is 0 Å².